The lowest BCUT2D eigenvalue weighted by molar-refractivity contribution is -0.141. The van der Waals surface area contributed by atoms with E-state index in [1.54, 1.807) is 0 Å². The van der Waals surface area contributed by atoms with Crippen molar-refractivity contribution in [1.29, 1.82) is 0 Å². The smallest absolute Gasteiger partial charge is 0.326 e. The molecular formula is C13H22N2O5. The molecule has 114 valence electrons. The standard InChI is InChI=1S/C13H22N2O5/c16-8-6-10(12(18)19)15(7-8)13(20)14-9-4-2-1-3-5-11(9)17/h8-11,16-17H,1-7H2,(H,14,20)(H,18,19)/t8?,9?,10-,11?/m0/s1. The first-order valence-electron chi connectivity index (χ1n) is 7.15. The van der Waals surface area contributed by atoms with Gasteiger partial charge in [-0.05, 0) is 12.8 Å². The van der Waals surface area contributed by atoms with E-state index in [2.05, 4.69) is 5.32 Å². The van der Waals surface area contributed by atoms with Crippen LogP contribution in [0.25, 0.3) is 0 Å². The molecule has 7 nitrogen and oxygen atoms in total. The number of aliphatic hydroxyl groups is 2. The lowest BCUT2D eigenvalue weighted by Gasteiger charge is -2.27. The van der Waals surface area contributed by atoms with Crippen LogP contribution in [-0.2, 0) is 4.79 Å². The molecule has 1 saturated carbocycles. The molecule has 1 aliphatic carbocycles. The van der Waals surface area contributed by atoms with Crippen molar-refractivity contribution in [1.82, 2.24) is 10.2 Å². The monoisotopic (exact) mass is 286 g/mol. The molecule has 3 unspecified atom stereocenters. The van der Waals surface area contributed by atoms with Crippen LogP contribution < -0.4 is 5.32 Å². The second-order valence-electron chi connectivity index (χ2n) is 5.66. The highest BCUT2D eigenvalue weighted by molar-refractivity contribution is 5.83. The van der Waals surface area contributed by atoms with Crippen molar-refractivity contribution < 1.29 is 24.9 Å². The van der Waals surface area contributed by atoms with Gasteiger partial charge in [-0.25, -0.2) is 9.59 Å². The van der Waals surface area contributed by atoms with E-state index in [9.17, 15) is 19.8 Å². The van der Waals surface area contributed by atoms with Gasteiger partial charge in [-0.1, -0.05) is 19.3 Å². The maximum absolute atomic E-state index is 12.2. The van der Waals surface area contributed by atoms with Crippen molar-refractivity contribution in [2.24, 2.45) is 0 Å². The molecule has 20 heavy (non-hydrogen) atoms. The molecule has 1 heterocycles. The largest absolute Gasteiger partial charge is 0.480 e. The molecule has 0 spiro atoms. The minimum Gasteiger partial charge on any atom is -0.480 e. The van der Waals surface area contributed by atoms with E-state index in [-0.39, 0.29) is 19.0 Å². The zero-order chi connectivity index (χ0) is 14.7. The third-order valence-corrected chi connectivity index (χ3v) is 4.11. The zero-order valence-electron chi connectivity index (χ0n) is 11.4. The number of carbonyl (C=O) groups excluding carboxylic acids is 1. The Morgan fingerprint density at radius 2 is 1.80 bits per heavy atom. The van der Waals surface area contributed by atoms with Crippen molar-refractivity contribution in [3.63, 3.8) is 0 Å². The van der Waals surface area contributed by atoms with Gasteiger partial charge in [-0.2, -0.15) is 0 Å². The number of β-amino-alcohol motifs (C(OH)–C–C–N with tert-alkyl or cyclic N) is 1. The van der Waals surface area contributed by atoms with E-state index in [1.165, 1.54) is 0 Å². The number of carbonyl (C=O) groups is 2. The topological polar surface area (TPSA) is 110 Å². The third kappa shape index (κ3) is 3.40. The van der Waals surface area contributed by atoms with Gasteiger partial charge in [0.05, 0.1) is 18.2 Å². The van der Waals surface area contributed by atoms with Gasteiger partial charge in [-0.3, -0.25) is 0 Å². The number of aliphatic hydroxyl groups excluding tert-OH is 2. The van der Waals surface area contributed by atoms with Gasteiger partial charge in [0.1, 0.15) is 6.04 Å². The van der Waals surface area contributed by atoms with Crippen molar-refractivity contribution >= 4 is 12.0 Å². The van der Waals surface area contributed by atoms with Crippen LogP contribution in [0.2, 0.25) is 0 Å². The molecule has 7 heteroatoms. The van der Waals surface area contributed by atoms with E-state index in [4.69, 9.17) is 5.11 Å². The number of urea groups is 1. The predicted molar refractivity (Wildman–Crippen MR) is 70.2 cm³/mol. The Morgan fingerprint density at radius 3 is 2.50 bits per heavy atom. The molecule has 4 atom stereocenters. The maximum Gasteiger partial charge on any atom is 0.326 e. The molecule has 0 aromatic heterocycles. The van der Waals surface area contributed by atoms with Crippen molar-refractivity contribution in [2.45, 2.75) is 62.8 Å². The molecule has 2 fully saturated rings. The van der Waals surface area contributed by atoms with Crippen LogP contribution in [0, 0.1) is 0 Å². The second kappa shape index (κ2) is 6.41. The predicted octanol–water partition coefficient (Wildman–Crippen LogP) is -0.0906. The molecule has 0 aromatic carbocycles. The molecule has 2 amide bonds. The minimum absolute atomic E-state index is 0.0195. The number of hydrogen-bond acceptors (Lipinski definition) is 4. The molecule has 0 bridgehead atoms. The summed E-state index contributed by atoms with van der Waals surface area (Å²) >= 11 is 0. The summed E-state index contributed by atoms with van der Waals surface area (Å²) in [7, 11) is 0. The van der Waals surface area contributed by atoms with E-state index in [0.29, 0.717) is 12.8 Å². The average Bonchev–Trinajstić information content (AvgIpc) is 2.68. The number of likely N-dealkylation sites (tertiary alicyclic amines) is 1. The third-order valence-electron chi connectivity index (χ3n) is 4.11. The quantitative estimate of drug-likeness (QED) is 0.530. The number of nitrogens with zero attached hydrogens (tertiary/aromatic N) is 1. The van der Waals surface area contributed by atoms with Gasteiger partial charge in [0.2, 0.25) is 0 Å². The molecule has 0 radical (unpaired) electrons. The highest BCUT2D eigenvalue weighted by Crippen LogP contribution is 2.21. The maximum atomic E-state index is 12.2. The number of rotatable bonds is 2. The Hall–Kier alpha value is -1.34. The highest BCUT2D eigenvalue weighted by atomic mass is 16.4. The van der Waals surface area contributed by atoms with Crippen molar-refractivity contribution in [3.05, 3.63) is 0 Å². The van der Waals surface area contributed by atoms with Crippen LogP contribution >= 0.6 is 0 Å². The number of aliphatic carboxylic acids is 1. The van der Waals surface area contributed by atoms with Gasteiger partial charge in [0.15, 0.2) is 0 Å². The molecule has 1 saturated heterocycles. The fraction of sp³-hybridized carbons (Fsp3) is 0.846. The first kappa shape index (κ1) is 15.1. The Morgan fingerprint density at radius 1 is 1.10 bits per heavy atom. The van der Waals surface area contributed by atoms with Gasteiger partial charge in [0.25, 0.3) is 0 Å². The minimum atomic E-state index is -1.11. The summed E-state index contributed by atoms with van der Waals surface area (Å²) in [6.45, 7) is 0.0195. The first-order valence-corrected chi connectivity index (χ1v) is 7.15. The number of hydrogen-bond donors (Lipinski definition) is 4. The second-order valence-corrected chi connectivity index (χ2v) is 5.66. The number of carboxylic acid groups (broad SMARTS) is 1. The van der Waals surface area contributed by atoms with Gasteiger partial charge in [-0.15, -0.1) is 0 Å². The average molecular weight is 286 g/mol. The van der Waals surface area contributed by atoms with Crippen LogP contribution in [0.1, 0.15) is 38.5 Å². The fourth-order valence-electron chi connectivity index (χ4n) is 2.97. The summed E-state index contributed by atoms with van der Waals surface area (Å²) in [5.41, 5.74) is 0. The first-order chi connectivity index (χ1) is 9.49. The summed E-state index contributed by atoms with van der Waals surface area (Å²) < 4.78 is 0. The summed E-state index contributed by atoms with van der Waals surface area (Å²) in [6.07, 6.45) is 2.91. The normalized spacial score (nSPS) is 34.6. The molecular weight excluding hydrogens is 264 g/mol. The Labute approximate surface area is 117 Å². The van der Waals surface area contributed by atoms with Crippen molar-refractivity contribution in [3.8, 4) is 0 Å². The summed E-state index contributed by atoms with van der Waals surface area (Å²) in [6, 6.07) is -1.84. The summed E-state index contributed by atoms with van der Waals surface area (Å²) in [4.78, 5) is 24.4. The van der Waals surface area contributed by atoms with Crippen LogP contribution in [-0.4, -0.2) is 63.1 Å². The van der Waals surface area contributed by atoms with Crippen LogP contribution in [0.4, 0.5) is 4.79 Å². The Bertz CT molecular complexity index is 376. The molecule has 0 aromatic rings. The zero-order valence-corrected chi connectivity index (χ0v) is 11.4. The molecule has 2 rings (SSSR count). The number of carboxylic acids is 1. The van der Waals surface area contributed by atoms with E-state index >= 15 is 0 Å². The lowest BCUT2D eigenvalue weighted by atomic mass is 10.1. The Kier molecular flexibility index (Phi) is 4.82. The van der Waals surface area contributed by atoms with Gasteiger partial charge >= 0.3 is 12.0 Å². The molecule has 1 aliphatic heterocycles. The van der Waals surface area contributed by atoms with Gasteiger partial charge < -0.3 is 25.5 Å². The fourth-order valence-corrected chi connectivity index (χ4v) is 2.97. The van der Waals surface area contributed by atoms with Crippen LogP contribution in [0.3, 0.4) is 0 Å². The molecule has 4 N–H and O–H groups in total. The molecule has 2 aliphatic rings. The van der Waals surface area contributed by atoms with Crippen LogP contribution in [0.15, 0.2) is 0 Å². The SMILES string of the molecule is O=C(O)[C@@H]1CC(O)CN1C(=O)NC1CCCCCC1O. The summed E-state index contributed by atoms with van der Waals surface area (Å²) in [5.74, 6) is -1.11. The van der Waals surface area contributed by atoms with Crippen molar-refractivity contribution in [2.75, 3.05) is 6.54 Å². The number of nitrogens with one attached hydrogen (secondary N) is 1. The highest BCUT2D eigenvalue weighted by Gasteiger charge is 2.39. The van der Waals surface area contributed by atoms with Crippen LogP contribution in [0.5, 0.6) is 0 Å². The van der Waals surface area contributed by atoms with E-state index in [0.717, 1.165) is 24.2 Å². The Balaban J connectivity index is 1.97. The van der Waals surface area contributed by atoms with E-state index in [1.807, 2.05) is 0 Å². The van der Waals surface area contributed by atoms with E-state index < -0.39 is 30.3 Å². The summed E-state index contributed by atoms with van der Waals surface area (Å²) in [5, 5.41) is 31.3. The lowest BCUT2D eigenvalue weighted by Crippen LogP contribution is -2.52. The number of amides is 2. The van der Waals surface area contributed by atoms with Gasteiger partial charge in [0, 0.05) is 13.0 Å².